The van der Waals surface area contributed by atoms with Crippen molar-refractivity contribution >= 4 is 66.3 Å². The Bertz CT molecular complexity index is 2660. The average molecular weight is 591 g/mol. The highest BCUT2D eigenvalue weighted by Crippen LogP contribution is 2.39. The van der Waals surface area contributed by atoms with Crippen molar-refractivity contribution in [2.45, 2.75) is 6.92 Å². The van der Waals surface area contributed by atoms with Gasteiger partial charge in [-0.1, -0.05) is 104 Å². The van der Waals surface area contributed by atoms with Crippen molar-refractivity contribution in [3.8, 4) is 11.4 Å². The van der Waals surface area contributed by atoms with Crippen molar-refractivity contribution < 1.29 is 4.42 Å². The zero-order valence-electron chi connectivity index (χ0n) is 25.4. The van der Waals surface area contributed by atoms with Crippen LogP contribution in [0.1, 0.15) is 16.8 Å². The Morgan fingerprint density at radius 3 is 2.04 bits per heavy atom. The Labute approximate surface area is 266 Å². The predicted octanol–water partition coefficient (Wildman–Crippen LogP) is 11.7. The van der Waals surface area contributed by atoms with Crippen molar-refractivity contribution in [3.05, 3.63) is 169 Å². The maximum atomic E-state index is 6.48. The fourth-order valence-electron chi connectivity index (χ4n) is 7.22. The standard InChI is InChI=1S/C43H30N2O/c1-3-29(30-24-25-40-37(27-30)33-17-8-11-21-39(33)45(40)31-14-5-4-6-15-31)26-36-28(2)44(38-20-10-7-16-32(36)38)41-22-13-19-35-34-18-9-12-23-42(34)46-43(35)41/h3-27H,1H2,2H3/b29-26+. The van der Waals surface area contributed by atoms with E-state index in [-0.39, 0.29) is 0 Å². The lowest BCUT2D eigenvalue weighted by Crippen LogP contribution is -1.97. The van der Waals surface area contributed by atoms with E-state index in [0.29, 0.717) is 0 Å². The van der Waals surface area contributed by atoms with Gasteiger partial charge in [-0.3, -0.25) is 0 Å². The van der Waals surface area contributed by atoms with Gasteiger partial charge in [-0.25, -0.2) is 0 Å². The fraction of sp³-hybridized carbons (Fsp3) is 0.0233. The first-order chi connectivity index (χ1) is 22.7. The number of nitrogens with zero attached hydrogens (tertiary/aromatic N) is 2. The molecule has 0 atom stereocenters. The summed E-state index contributed by atoms with van der Waals surface area (Å²) in [6.07, 6.45) is 4.26. The minimum absolute atomic E-state index is 0.896. The monoisotopic (exact) mass is 590 g/mol. The van der Waals surface area contributed by atoms with Crippen LogP contribution in [0.25, 0.3) is 77.7 Å². The van der Waals surface area contributed by atoms with Crippen molar-refractivity contribution in [1.82, 2.24) is 9.13 Å². The molecule has 3 aromatic heterocycles. The molecule has 0 aliphatic heterocycles. The van der Waals surface area contributed by atoms with E-state index in [4.69, 9.17) is 4.42 Å². The Balaban J connectivity index is 1.25. The van der Waals surface area contributed by atoms with Gasteiger partial charge in [-0.2, -0.15) is 0 Å². The number of aromatic nitrogens is 2. The molecule has 3 nitrogen and oxygen atoms in total. The second-order valence-electron chi connectivity index (χ2n) is 11.8. The first-order valence-electron chi connectivity index (χ1n) is 15.6. The van der Waals surface area contributed by atoms with Crippen LogP contribution in [0.4, 0.5) is 0 Å². The molecule has 0 unspecified atom stereocenters. The van der Waals surface area contributed by atoms with Gasteiger partial charge < -0.3 is 13.6 Å². The normalized spacial score (nSPS) is 12.2. The van der Waals surface area contributed by atoms with Gasteiger partial charge in [0.05, 0.1) is 22.2 Å². The van der Waals surface area contributed by atoms with Gasteiger partial charge in [0.2, 0.25) is 0 Å². The molecule has 218 valence electrons. The third kappa shape index (κ3) is 3.85. The lowest BCUT2D eigenvalue weighted by Gasteiger charge is -2.10. The maximum absolute atomic E-state index is 6.48. The summed E-state index contributed by atoms with van der Waals surface area (Å²) in [6.45, 7) is 6.47. The largest absolute Gasteiger partial charge is 0.454 e. The highest BCUT2D eigenvalue weighted by atomic mass is 16.3. The van der Waals surface area contributed by atoms with Crippen LogP contribution in [-0.2, 0) is 0 Å². The molecule has 3 heteroatoms. The number of fused-ring (bicyclic) bond motifs is 7. The molecule has 0 radical (unpaired) electrons. The number of benzene rings is 6. The molecule has 46 heavy (non-hydrogen) atoms. The summed E-state index contributed by atoms with van der Waals surface area (Å²) in [6, 6.07) is 49.3. The third-order valence-electron chi connectivity index (χ3n) is 9.32. The summed E-state index contributed by atoms with van der Waals surface area (Å²) in [7, 11) is 0. The fourth-order valence-corrected chi connectivity index (χ4v) is 7.22. The molecule has 0 spiro atoms. The van der Waals surface area contributed by atoms with Gasteiger partial charge in [-0.15, -0.1) is 0 Å². The van der Waals surface area contributed by atoms with Gasteiger partial charge in [0.1, 0.15) is 5.58 Å². The Kier molecular flexibility index (Phi) is 5.87. The summed E-state index contributed by atoms with van der Waals surface area (Å²) < 4.78 is 11.2. The number of hydrogen-bond acceptors (Lipinski definition) is 1. The molecular weight excluding hydrogens is 560 g/mol. The van der Waals surface area contributed by atoms with E-state index < -0.39 is 0 Å². The third-order valence-corrected chi connectivity index (χ3v) is 9.32. The van der Waals surface area contributed by atoms with Crippen LogP contribution in [0.15, 0.2) is 157 Å². The molecule has 3 heterocycles. The van der Waals surface area contributed by atoms with E-state index in [1.165, 1.54) is 32.8 Å². The Morgan fingerprint density at radius 2 is 1.24 bits per heavy atom. The molecule has 9 aromatic rings. The second-order valence-corrected chi connectivity index (χ2v) is 11.8. The van der Waals surface area contributed by atoms with Gasteiger partial charge in [0.25, 0.3) is 0 Å². The average Bonchev–Trinajstić information content (AvgIpc) is 3.74. The highest BCUT2D eigenvalue weighted by Gasteiger charge is 2.19. The van der Waals surface area contributed by atoms with Gasteiger partial charge in [-0.05, 0) is 72.7 Å². The Morgan fingerprint density at radius 1 is 0.587 bits per heavy atom. The minimum atomic E-state index is 0.896. The van der Waals surface area contributed by atoms with Crippen molar-refractivity contribution in [2.75, 3.05) is 0 Å². The van der Waals surface area contributed by atoms with Crippen molar-refractivity contribution in [3.63, 3.8) is 0 Å². The number of para-hydroxylation sites is 5. The van der Waals surface area contributed by atoms with Crippen LogP contribution in [0.5, 0.6) is 0 Å². The van der Waals surface area contributed by atoms with Crippen LogP contribution in [-0.4, -0.2) is 9.13 Å². The minimum Gasteiger partial charge on any atom is -0.454 e. The summed E-state index contributed by atoms with van der Waals surface area (Å²) >= 11 is 0. The van der Waals surface area contributed by atoms with Gasteiger partial charge >= 0.3 is 0 Å². The summed E-state index contributed by atoms with van der Waals surface area (Å²) in [5.74, 6) is 0. The molecule has 0 fully saturated rings. The van der Waals surface area contributed by atoms with E-state index in [0.717, 1.165) is 55.7 Å². The topological polar surface area (TPSA) is 23.0 Å². The molecule has 0 bridgehead atoms. The number of allylic oxidation sites excluding steroid dienone is 2. The molecule has 0 saturated carbocycles. The zero-order valence-corrected chi connectivity index (χ0v) is 25.4. The first kappa shape index (κ1) is 26.4. The molecular formula is C43H30N2O. The predicted molar refractivity (Wildman–Crippen MR) is 194 cm³/mol. The SMILES string of the molecule is C=C/C(=C\c1c(C)n(-c2cccc3c2oc2ccccc23)c2ccccc12)c1ccc2c(c1)c1ccccc1n2-c1ccccc1. The lowest BCUT2D eigenvalue weighted by molar-refractivity contribution is 0.665. The summed E-state index contributed by atoms with van der Waals surface area (Å²) in [5.41, 5.74) is 12.0. The van der Waals surface area contributed by atoms with Crippen molar-refractivity contribution in [2.24, 2.45) is 0 Å². The number of hydrogen-bond donors (Lipinski definition) is 0. The van der Waals surface area contributed by atoms with E-state index >= 15 is 0 Å². The smallest absolute Gasteiger partial charge is 0.159 e. The quantitative estimate of drug-likeness (QED) is 0.183. The van der Waals surface area contributed by atoms with E-state index in [1.54, 1.807) is 0 Å². The van der Waals surface area contributed by atoms with Crippen LogP contribution in [0, 0.1) is 6.92 Å². The van der Waals surface area contributed by atoms with E-state index in [9.17, 15) is 0 Å². The number of furan rings is 1. The van der Waals surface area contributed by atoms with E-state index in [2.05, 4.69) is 156 Å². The molecule has 0 aliphatic rings. The van der Waals surface area contributed by atoms with Crippen LogP contribution >= 0.6 is 0 Å². The van der Waals surface area contributed by atoms with Crippen LogP contribution in [0.3, 0.4) is 0 Å². The van der Waals surface area contributed by atoms with Gasteiger partial charge in [0.15, 0.2) is 5.58 Å². The Hall–Kier alpha value is -6.06. The van der Waals surface area contributed by atoms with E-state index in [1.807, 2.05) is 18.2 Å². The molecule has 0 aliphatic carbocycles. The summed E-state index contributed by atoms with van der Waals surface area (Å²) in [5, 5.41) is 5.90. The van der Waals surface area contributed by atoms with Crippen molar-refractivity contribution in [1.29, 1.82) is 0 Å². The van der Waals surface area contributed by atoms with Crippen LogP contribution < -0.4 is 0 Å². The molecule has 0 amide bonds. The van der Waals surface area contributed by atoms with Gasteiger partial charge in [0, 0.05) is 43.9 Å². The summed E-state index contributed by atoms with van der Waals surface area (Å²) in [4.78, 5) is 0. The second kappa shape index (κ2) is 10.3. The maximum Gasteiger partial charge on any atom is 0.159 e. The number of rotatable bonds is 5. The first-order valence-corrected chi connectivity index (χ1v) is 15.6. The molecule has 9 rings (SSSR count). The lowest BCUT2D eigenvalue weighted by atomic mass is 9.99. The molecule has 6 aromatic carbocycles. The van der Waals surface area contributed by atoms with Crippen LogP contribution in [0.2, 0.25) is 0 Å². The zero-order chi connectivity index (χ0) is 30.8. The molecule has 0 N–H and O–H groups in total. The highest BCUT2D eigenvalue weighted by molar-refractivity contribution is 6.11. The molecule has 0 saturated heterocycles.